The average Bonchev–Trinajstić information content (AvgIpc) is 2.60. The molecular formula is C19H23NO5. The minimum atomic E-state index is -1.02. The van der Waals surface area contributed by atoms with Crippen molar-refractivity contribution in [3.05, 3.63) is 59.7 Å². The molecule has 6 heteroatoms. The highest BCUT2D eigenvalue weighted by Crippen LogP contribution is 2.28. The molecule has 25 heavy (non-hydrogen) atoms. The third-order valence-electron chi connectivity index (χ3n) is 3.82. The highest BCUT2D eigenvalue weighted by molar-refractivity contribution is 5.68. The third kappa shape index (κ3) is 5.12. The number of phenolic OH excluding ortho intramolecular Hbond substituents is 2. The zero-order chi connectivity index (χ0) is 18.4. The summed E-state index contributed by atoms with van der Waals surface area (Å²) >= 11 is 0. The van der Waals surface area contributed by atoms with E-state index in [1.807, 2.05) is 44.2 Å². The lowest BCUT2D eigenvalue weighted by Gasteiger charge is -2.28. The van der Waals surface area contributed by atoms with Crippen LogP contribution in [0.15, 0.2) is 48.5 Å². The van der Waals surface area contributed by atoms with Crippen molar-refractivity contribution in [3.8, 4) is 11.5 Å². The number of amides is 1. The topological polar surface area (TPSA) is 90.2 Å². The second-order valence-corrected chi connectivity index (χ2v) is 6.05. The number of carbonyl (C=O) groups is 1. The monoisotopic (exact) mass is 345 g/mol. The Bertz CT molecular complexity index is 702. The number of ether oxygens (including phenoxy) is 1. The molecule has 6 nitrogen and oxygen atoms in total. The van der Waals surface area contributed by atoms with E-state index in [2.05, 4.69) is 0 Å². The Hall–Kier alpha value is -2.73. The molecule has 1 unspecified atom stereocenters. The van der Waals surface area contributed by atoms with E-state index >= 15 is 0 Å². The van der Waals surface area contributed by atoms with Gasteiger partial charge in [0.25, 0.3) is 0 Å². The molecule has 0 aromatic heterocycles. The Balaban J connectivity index is 2.01. The second kappa shape index (κ2) is 8.39. The predicted molar refractivity (Wildman–Crippen MR) is 93.2 cm³/mol. The van der Waals surface area contributed by atoms with Gasteiger partial charge in [0, 0.05) is 6.04 Å². The maximum absolute atomic E-state index is 12.3. The standard InChI is InChI=1S/C19H23NO5/c1-13(2)20(19(24)25-12-14-6-4-3-5-7-14)11-18(23)15-8-9-16(21)17(22)10-15/h3-10,13,18,21-23H,11-12H2,1-2H3. The van der Waals surface area contributed by atoms with Gasteiger partial charge in [-0.1, -0.05) is 36.4 Å². The van der Waals surface area contributed by atoms with E-state index < -0.39 is 12.2 Å². The van der Waals surface area contributed by atoms with Crippen LogP contribution in [0.2, 0.25) is 0 Å². The van der Waals surface area contributed by atoms with Gasteiger partial charge < -0.3 is 25.0 Å². The van der Waals surface area contributed by atoms with Crippen molar-refractivity contribution >= 4 is 6.09 Å². The van der Waals surface area contributed by atoms with Crippen molar-refractivity contribution in [2.75, 3.05) is 6.54 Å². The molecule has 1 atom stereocenters. The Labute approximate surface area is 146 Å². The largest absolute Gasteiger partial charge is 0.504 e. The smallest absolute Gasteiger partial charge is 0.410 e. The molecule has 0 aliphatic rings. The molecule has 2 aromatic rings. The fourth-order valence-electron chi connectivity index (χ4n) is 2.34. The SMILES string of the molecule is CC(C)N(CC(O)c1ccc(O)c(O)c1)C(=O)OCc1ccccc1. The van der Waals surface area contributed by atoms with Gasteiger partial charge in [-0.25, -0.2) is 4.79 Å². The maximum atomic E-state index is 12.3. The number of hydrogen-bond acceptors (Lipinski definition) is 5. The molecule has 0 bridgehead atoms. The van der Waals surface area contributed by atoms with Gasteiger partial charge in [-0.2, -0.15) is 0 Å². The van der Waals surface area contributed by atoms with Crippen molar-refractivity contribution < 1.29 is 24.9 Å². The molecular weight excluding hydrogens is 322 g/mol. The van der Waals surface area contributed by atoms with Crippen LogP contribution in [0.3, 0.4) is 0 Å². The lowest BCUT2D eigenvalue weighted by molar-refractivity contribution is 0.0569. The summed E-state index contributed by atoms with van der Waals surface area (Å²) in [5.74, 6) is -0.585. The molecule has 1 amide bonds. The maximum Gasteiger partial charge on any atom is 0.410 e. The summed E-state index contributed by atoms with van der Waals surface area (Å²) in [4.78, 5) is 13.8. The van der Waals surface area contributed by atoms with Gasteiger partial charge >= 0.3 is 6.09 Å². The van der Waals surface area contributed by atoms with E-state index in [1.165, 1.54) is 23.1 Å². The molecule has 0 saturated heterocycles. The summed E-state index contributed by atoms with van der Waals surface area (Å²) in [7, 11) is 0. The van der Waals surface area contributed by atoms with Crippen molar-refractivity contribution in [1.29, 1.82) is 0 Å². The van der Waals surface area contributed by atoms with Crippen molar-refractivity contribution in [2.24, 2.45) is 0 Å². The Morgan fingerprint density at radius 3 is 2.36 bits per heavy atom. The van der Waals surface area contributed by atoms with E-state index in [-0.39, 0.29) is 30.7 Å². The van der Waals surface area contributed by atoms with Crippen LogP contribution < -0.4 is 0 Å². The summed E-state index contributed by atoms with van der Waals surface area (Å²) < 4.78 is 5.32. The summed E-state index contributed by atoms with van der Waals surface area (Å²) in [6, 6.07) is 13.2. The molecule has 0 aliphatic carbocycles. The molecule has 0 aliphatic heterocycles. The van der Waals surface area contributed by atoms with Crippen molar-refractivity contribution in [2.45, 2.75) is 32.6 Å². The van der Waals surface area contributed by atoms with E-state index in [0.29, 0.717) is 5.56 Å². The molecule has 3 N–H and O–H groups in total. The number of phenols is 2. The average molecular weight is 345 g/mol. The summed E-state index contributed by atoms with van der Waals surface area (Å²) in [5.41, 5.74) is 1.28. The summed E-state index contributed by atoms with van der Waals surface area (Å²) in [6.45, 7) is 3.81. The van der Waals surface area contributed by atoms with Crippen LogP contribution in [0.1, 0.15) is 31.1 Å². The van der Waals surface area contributed by atoms with E-state index in [1.54, 1.807) is 0 Å². The Kier molecular flexibility index (Phi) is 6.25. The first-order valence-corrected chi connectivity index (χ1v) is 8.05. The second-order valence-electron chi connectivity index (χ2n) is 6.05. The zero-order valence-electron chi connectivity index (χ0n) is 14.3. The van der Waals surface area contributed by atoms with Gasteiger partial charge in [0.1, 0.15) is 6.61 Å². The number of carbonyl (C=O) groups excluding carboxylic acids is 1. The quantitative estimate of drug-likeness (QED) is 0.700. The first-order chi connectivity index (χ1) is 11.9. The molecule has 0 heterocycles. The molecule has 0 spiro atoms. The molecule has 0 saturated carbocycles. The Morgan fingerprint density at radius 1 is 1.08 bits per heavy atom. The summed E-state index contributed by atoms with van der Waals surface area (Å²) in [6.07, 6.45) is -1.54. The highest BCUT2D eigenvalue weighted by Gasteiger charge is 2.23. The zero-order valence-corrected chi connectivity index (χ0v) is 14.3. The number of aliphatic hydroxyl groups is 1. The van der Waals surface area contributed by atoms with Crippen molar-refractivity contribution in [3.63, 3.8) is 0 Å². The van der Waals surface area contributed by atoms with E-state index in [9.17, 15) is 20.1 Å². The highest BCUT2D eigenvalue weighted by atomic mass is 16.6. The first-order valence-electron chi connectivity index (χ1n) is 8.05. The van der Waals surface area contributed by atoms with Crippen molar-refractivity contribution in [1.82, 2.24) is 4.90 Å². The van der Waals surface area contributed by atoms with E-state index in [0.717, 1.165) is 5.56 Å². The first kappa shape index (κ1) is 18.6. The number of rotatable bonds is 6. The number of hydrogen-bond donors (Lipinski definition) is 3. The Morgan fingerprint density at radius 2 is 1.76 bits per heavy atom. The van der Waals surface area contributed by atoms with E-state index in [4.69, 9.17) is 4.74 Å². The molecule has 0 fully saturated rings. The minimum absolute atomic E-state index is 0.00943. The van der Waals surface area contributed by atoms with Crippen LogP contribution in [0.4, 0.5) is 4.79 Å². The van der Waals surface area contributed by atoms with Gasteiger partial charge in [-0.15, -0.1) is 0 Å². The van der Waals surface area contributed by atoms with Crippen LogP contribution in [0.5, 0.6) is 11.5 Å². The molecule has 2 aromatic carbocycles. The van der Waals surface area contributed by atoms with Gasteiger partial charge in [0.15, 0.2) is 11.5 Å². The van der Waals surface area contributed by atoms with Crippen LogP contribution in [0, 0.1) is 0 Å². The van der Waals surface area contributed by atoms with Crippen LogP contribution in [0.25, 0.3) is 0 Å². The molecule has 0 radical (unpaired) electrons. The van der Waals surface area contributed by atoms with Gasteiger partial charge in [-0.05, 0) is 37.1 Å². The fraction of sp³-hybridized carbons (Fsp3) is 0.316. The number of nitrogens with zero attached hydrogens (tertiary/aromatic N) is 1. The fourth-order valence-corrected chi connectivity index (χ4v) is 2.34. The molecule has 134 valence electrons. The van der Waals surface area contributed by atoms with Crippen LogP contribution >= 0.6 is 0 Å². The minimum Gasteiger partial charge on any atom is -0.504 e. The number of benzene rings is 2. The predicted octanol–water partition coefficient (Wildman–Crippen LogP) is 3.18. The number of aromatic hydroxyl groups is 2. The van der Waals surface area contributed by atoms with Gasteiger partial charge in [0.2, 0.25) is 0 Å². The van der Waals surface area contributed by atoms with Gasteiger partial charge in [0.05, 0.1) is 12.6 Å². The number of aliphatic hydroxyl groups excluding tert-OH is 1. The molecule has 2 rings (SSSR count). The lowest BCUT2D eigenvalue weighted by Crippen LogP contribution is -2.40. The summed E-state index contributed by atoms with van der Waals surface area (Å²) in [5, 5.41) is 29.2. The lowest BCUT2D eigenvalue weighted by atomic mass is 10.1. The van der Waals surface area contributed by atoms with Gasteiger partial charge in [-0.3, -0.25) is 0 Å². The van der Waals surface area contributed by atoms with Crippen LogP contribution in [-0.2, 0) is 11.3 Å². The normalized spacial score (nSPS) is 12.0. The van der Waals surface area contributed by atoms with Crippen LogP contribution in [-0.4, -0.2) is 38.9 Å². The third-order valence-corrected chi connectivity index (χ3v) is 3.82.